The number of pyridine rings is 1. The van der Waals surface area contributed by atoms with E-state index in [4.69, 9.17) is 5.73 Å². The van der Waals surface area contributed by atoms with Gasteiger partial charge in [0.05, 0.1) is 17.6 Å². The van der Waals surface area contributed by atoms with Crippen LogP contribution in [0.1, 0.15) is 10.4 Å². The summed E-state index contributed by atoms with van der Waals surface area (Å²) in [5.41, 5.74) is 5.72. The van der Waals surface area contributed by atoms with Gasteiger partial charge < -0.3 is 15.6 Å². The highest BCUT2D eigenvalue weighted by Crippen LogP contribution is 2.22. The third kappa shape index (κ3) is 2.28. The molecule has 1 heterocycles. The summed E-state index contributed by atoms with van der Waals surface area (Å²) in [6, 6.07) is 5.81. The van der Waals surface area contributed by atoms with Crippen LogP contribution in [0.3, 0.4) is 0 Å². The number of fused-ring (bicyclic) bond motifs is 1. The zero-order valence-electron chi connectivity index (χ0n) is 9.29. The lowest BCUT2D eigenvalue weighted by Crippen LogP contribution is -2.20. The standard InChI is InChI=1S/C12H10N2O4/c13-6-11(16)18-12(17)8-3-4-14-10-2-1-7(15)5-9(8)10/h1-5,15H,6,13H2. The molecule has 0 bridgehead atoms. The molecule has 0 aliphatic rings. The summed E-state index contributed by atoms with van der Waals surface area (Å²) >= 11 is 0. The molecule has 1 aromatic carbocycles. The van der Waals surface area contributed by atoms with E-state index in [1.807, 2.05) is 0 Å². The lowest BCUT2D eigenvalue weighted by molar-refractivity contribution is -0.136. The molecule has 2 rings (SSSR count). The summed E-state index contributed by atoms with van der Waals surface area (Å²) in [4.78, 5) is 26.7. The second-order valence-electron chi connectivity index (χ2n) is 3.53. The highest BCUT2D eigenvalue weighted by Gasteiger charge is 2.15. The number of nitrogens with zero attached hydrogens (tertiary/aromatic N) is 1. The van der Waals surface area contributed by atoms with Crippen molar-refractivity contribution in [3.63, 3.8) is 0 Å². The molecule has 0 amide bonds. The largest absolute Gasteiger partial charge is 0.508 e. The van der Waals surface area contributed by atoms with Crippen molar-refractivity contribution in [3.05, 3.63) is 36.0 Å². The van der Waals surface area contributed by atoms with Gasteiger partial charge in [0.25, 0.3) is 0 Å². The first kappa shape index (κ1) is 12.0. The summed E-state index contributed by atoms with van der Waals surface area (Å²) < 4.78 is 4.52. The monoisotopic (exact) mass is 246 g/mol. The van der Waals surface area contributed by atoms with Gasteiger partial charge in [-0.3, -0.25) is 9.78 Å². The molecule has 0 spiro atoms. The molecule has 0 atom stereocenters. The molecule has 92 valence electrons. The van der Waals surface area contributed by atoms with Crippen LogP contribution in [-0.4, -0.2) is 28.6 Å². The Kier molecular flexibility index (Phi) is 3.20. The molecule has 0 unspecified atom stereocenters. The molecule has 2 aromatic rings. The molecule has 0 aliphatic carbocycles. The maximum absolute atomic E-state index is 11.7. The van der Waals surface area contributed by atoms with Gasteiger partial charge in [-0.1, -0.05) is 0 Å². The molecule has 18 heavy (non-hydrogen) atoms. The molecule has 3 N–H and O–H groups in total. The number of benzene rings is 1. The van der Waals surface area contributed by atoms with Gasteiger partial charge in [-0.25, -0.2) is 4.79 Å². The van der Waals surface area contributed by atoms with Crippen molar-refractivity contribution in [3.8, 4) is 5.75 Å². The van der Waals surface area contributed by atoms with Crippen molar-refractivity contribution in [2.75, 3.05) is 6.54 Å². The Labute approximate surface area is 102 Å². The average Bonchev–Trinajstić information content (AvgIpc) is 2.37. The van der Waals surface area contributed by atoms with E-state index < -0.39 is 11.9 Å². The first-order valence-corrected chi connectivity index (χ1v) is 5.14. The fourth-order valence-electron chi connectivity index (χ4n) is 1.51. The van der Waals surface area contributed by atoms with Crippen molar-refractivity contribution in [1.29, 1.82) is 0 Å². The van der Waals surface area contributed by atoms with Gasteiger partial charge in [0.1, 0.15) is 5.75 Å². The SMILES string of the molecule is NCC(=O)OC(=O)c1ccnc2ccc(O)cc12. The van der Waals surface area contributed by atoms with Crippen LogP contribution >= 0.6 is 0 Å². The number of esters is 2. The normalized spacial score (nSPS) is 10.3. The van der Waals surface area contributed by atoms with E-state index in [-0.39, 0.29) is 17.9 Å². The van der Waals surface area contributed by atoms with Gasteiger partial charge in [-0.15, -0.1) is 0 Å². The van der Waals surface area contributed by atoms with Gasteiger partial charge in [-0.05, 0) is 24.3 Å². The molecule has 0 saturated carbocycles. The summed E-state index contributed by atoms with van der Waals surface area (Å²) in [7, 11) is 0. The number of hydrogen-bond acceptors (Lipinski definition) is 6. The number of rotatable bonds is 2. The van der Waals surface area contributed by atoms with E-state index in [1.54, 1.807) is 6.07 Å². The third-order valence-electron chi connectivity index (χ3n) is 2.32. The van der Waals surface area contributed by atoms with Crippen LogP contribution in [0.4, 0.5) is 0 Å². The maximum Gasteiger partial charge on any atom is 0.346 e. The van der Waals surface area contributed by atoms with Gasteiger partial charge in [0.15, 0.2) is 0 Å². The Balaban J connectivity index is 2.47. The first-order chi connectivity index (χ1) is 8.61. The quantitative estimate of drug-likeness (QED) is 0.593. The maximum atomic E-state index is 11.7. The number of carbonyl (C=O) groups excluding carboxylic acids is 2. The Hall–Kier alpha value is -2.47. The third-order valence-corrected chi connectivity index (χ3v) is 2.32. The molecule has 6 nitrogen and oxygen atoms in total. The van der Waals surface area contributed by atoms with Crippen molar-refractivity contribution >= 4 is 22.8 Å². The van der Waals surface area contributed by atoms with Crippen LogP contribution in [0.25, 0.3) is 10.9 Å². The second-order valence-corrected chi connectivity index (χ2v) is 3.53. The number of phenols is 1. The Morgan fingerprint density at radius 1 is 1.33 bits per heavy atom. The van der Waals surface area contributed by atoms with Gasteiger partial charge in [-0.2, -0.15) is 0 Å². The fraction of sp³-hybridized carbons (Fsp3) is 0.0833. The summed E-state index contributed by atoms with van der Waals surface area (Å²) in [5, 5.41) is 9.81. The molecule has 1 aromatic heterocycles. The van der Waals surface area contributed by atoms with Crippen LogP contribution < -0.4 is 5.73 Å². The van der Waals surface area contributed by atoms with E-state index in [2.05, 4.69) is 9.72 Å². The molecular formula is C12H10N2O4. The predicted octanol–water partition coefficient (Wildman–Crippen LogP) is 0.582. The minimum atomic E-state index is -0.816. The average molecular weight is 246 g/mol. The van der Waals surface area contributed by atoms with Crippen molar-refractivity contribution in [2.24, 2.45) is 5.73 Å². The van der Waals surface area contributed by atoms with E-state index in [0.29, 0.717) is 10.9 Å². The zero-order valence-corrected chi connectivity index (χ0v) is 9.29. The highest BCUT2D eigenvalue weighted by atomic mass is 16.6. The van der Waals surface area contributed by atoms with E-state index in [1.165, 1.54) is 24.4 Å². The first-order valence-electron chi connectivity index (χ1n) is 5.14. The minimum Gasteiger partial charge on any atom is -0.508 e. The van der Waals surface area contributed by atoms with Gasteiger partial charge in [0.2, 0.25) is 0 Å². The lowest BCUT2D eigenvalue weighted by atomic mass is 10.1. The van der Waals surface area contributed by atoms with Gasteiger partial charge in [0, 0.05) is 11.6 Å². The number of aromatic nitrogens is 1. The van der Waals surface area contributed by atoms with E-state index in [0.717, 1.165) is 0 Å². The Morgan fingerprint density at radius 3 is 2.83 bits per heavy atom. The van der Waals surface area contributed by atoms with Crippen LogP contribution in [0.15, 0.2) is 30.5 Å². The van der Waals surface area contributed by atoms with Crippen LogP contribution in [0.2, 0.25) is 0 Å². The van der Waals surface area contributed by atoms with E-state index >= 15 is 0 Å². The molecule has 6 heteroatoms. The van der Waals surface area contributed by atoms with Crippen molar-refractivity contribution < 1.29 is 19.4 Å². The zero-order chi connectivity index (χ0) is 13.1. The lowest BCUT2D eigenvalue weighted by Gasteiger charge is -2.05. The smallest absolute Gasteiger partial charge is 0.346 e. The summed E-state index contributed by atoms with van der Waals surface area (Å²) in [6.45, 7) is -0.375. The van der Waals surface area contributed by atoms with Crippen molar-refractivity contribution in [1.82, 2.24) is 4.98 Å². The molecular weight excluding hydrogens is 236 g/mol. The summed E-state index contributed by atoms with van der Waals surface area (Å²) in [6.07, 6.45) is 1.42. The number of ether oxygens (including phenoxy) is 1. The van der Waals surface area contributed by atoms with Crippen LogP contribution in [0.5, 0.6) is 5.75 Å². The van der Waals surface area contributed by atoms with Crippen LogP contribution in [-0.2, 0) is 9.53 Å². The number of carbonyl (C=O) groups is 2. The number of aromatic hydroxyl groups is 1. The van der Waals surface area contributed by atoms with Gasteiger partial charge >= 0.3 is 11.9 Å². The molecule has 0 fully saturated rings. The van der Waals surface area contributed by atoms with E-state index in [9.17, 15) is 14.7 Å². The minimum absolute atomic E-state index is 0.00491. The number of hydrogen-bond donors (Lipinski definition) is 2. The highest BCUT2D eigenvalue weighted by molar-refractivity contribution is 6.06. The fourth-order valence-corrected chi connectivity index (χ4v) is 1.51. The van der Waals surface area contributed by atoms with Crippen LogP contribution in [0, 0.1) is 0 Å². The molecule has 0 saturated heterocycles. The molecule has 0 radical (unpaired) electrons. The predicted molar refractivity (Wildman–Crippen MR) is 62.9 cm³/mol. The second kappa shape index (κ2) is 4.80. The molecule has 0 aliphatic heterocycles. The number of phenolic OH excluding ortho intramolecular Hbond substituents is 1. The number of nitrogens with two attached hydrogens (primary N) is 1. The topological polar surface area (TPSA) is 103 Å². The Bertz CT molecular complexity index is 625. The Morgan fingerprint density at radius 2 is 2.11 bits per heavy atom. The summed E-state index contributed by atoms with van der Waals surface area (Å²) in [5.74, 6) is -1.64. The van der Waals surface area contributed by atoms with Crippen molar-refractivity contribution in [2.45, 2.75) is 0 Å².